The van der Waals surface area contributed by atoms with Crippen LogP contribution >= 0.6 is 35.7 Å². The van der Waals surface area contributed by atoms with E-state index in [1.54, 1.807) is 0 Å². The first kappa shape index (κ1) is 20.3. The van der Waals surface area contributed by atoms with Gasteiger partial charge in [0.05, 0.1) is 0 Å². The standard InChI is InChI=1S/C14H30N4S.HI/c1-12(2)18-9-6-13(7-10-18)17-14(15-3)16-8-5-11-19-4;/h12-13H,5-11H2,1-4H3,(H2,15,16,17);1H. The van der Waals surface area contributed by atoms with Crippen LogP contribution < -0.4 is 10.6 Å². The zero-order valence-electron chi connectivity index (χ0n) is 13.3. The van der Waals surface area contributed by atoms with Crippen LogP contribution in [0.1, 0.15) is 33.1 Å². The Labute approximate surface area is 145 Å². The summed E-state index contributed by atoms with van der Waals surface area (Å²) in [6.07, 6.45) is 5.76. The Morgan fingerprint density at radius 3 is 2.50 bits per heavy atom. The SMILES string of the molecule is CN=C(NCCCSC)NC1CCN(C(C)C)CC1.I. The van der Waals surface area contributed by atoms with Gasteiger partial charge in [-0.15, -0.1) is 24.0 Å². The van der Waals surface area contributed by atoms with E-state index in [0.29, 0.717) is 12.1 Å². The van der Waals surface area contributed by atoms with Gasteiger partial charge < -0.3 is 15.5 Å². The van der Waals surface area contributed by atoms with Gasteiger partial charge in [0.1, 0.15) is 0 Å². The van der Waals surface area contributed by atoms with E-state index in [0.717, 1.165) is 12.5 Å². The van der Waals surface area contributed by atoms with Crippen molar-refractivity contribution in [1.29, 1.82) is 0 Å². The van der Waals surface area contributed by atoms with E-state index in [1.807, 2.05) is 18.8 Å². The van der Waals surface area contributed by atoms with Crippen molar-refractivity contribution in [2.24, 2.45) is 4.99 Å². The number of halogens is 1. The number of hydrogen-bond acceptors (Lipinski definition) is 3. The van der Waals surface area contributed by atoms with E-state index in [2.05, 4.69) is 40.6 Å². The highest BCUT2D eigenvalue weighted by Crippen LogP contribution is 2.12. The van der Waals surface area contributed by atoms with Crippen molar-refractivity contribution in [2.45, 2.75) is 45.2 Å². The predicted octanol–water partition coefficient (Wildman–Crippen LogP) is 2.40. The highest BCUT2D eigenvalue weighted by Gasteiger charge is 2.21. The van der Waals surface area contributed by atoms with E-state index in [1.165, 1.54) is 38.1 Å². The van der Waals surface area contributed by atoms with Crippen molar-refractivity contribution in [1.82, 2.24) is 15.5 Å². The van der Waals surface area contributed by atoms with Crippen LogP contribution in [0.15, 0.2) is 4.99 Å². The average Bonchev–Trinajstić information content (AvgIpc) is 2.42. The lowest BCUT2D eigenvalue weighted by Gasteiger charge is -2.35. The lowest BCUT2D eigenvalue weighted by Crippen LogP contribution is -2.50. The maximum absolute atomic E-state index is 4.31. The molecule has 0 aromatic carbocycles. The molecule has 0 spiro atoms. The second-order valence-electron chi connectivity index (χ2n) is 5.39. The van der Waals surface area contributed by atoms with Crippen LogP contribution in [0.5, 0.6) is 0 Å². The van der Waals surface area contributed by atoms with Crippen molar-refractivity contribution < 1.29 is 0 Å². The molecule has 0 atom stereocenters. The number of aliphatic imine (C=N–C) groups is 1. The number of likely N-dealkylation sites (tertiary alicyclic amines) is 1. The normalized spacial score (nSPS) is 17.9. The van der Waals surface area contributed by atoms with Crippen molar-refractivity contribution in [3.05, 3.63) is 0 Å². The molecular formula is C14H31IN4S. The summed E-state index contributed by atoms with van der Waals surface area (Å²) in [6, 6.07) is 1.24. The fourth-order valence-electron chi connectivity index (χ4n) is 2.37. The molecule has 0 amide bonds. The molecule has 1 rings (SSSR count). The number of thioether (sulfide) groups is 1. The average molecular weight is 414 g/mol. The number of piperidine rings is 1. The van der Waals surface area contributed by atoms with Crippen LogP contribution in [-0.4, -0.2) is 61.6 Å². The molecule has 0 bridgehead atoms. The predicted molar refractivity (Wildman–Crippen MR) is 103 cm³/mol. The molecule has 0 saturated carbocycles. The van der Waals surface area contributed by atoms with Crippen LogP contribution in [0.3, 0.4) is 0 Å². The zero-order chi connectivity index (χ0) is 14.1. The van der Waals surface area contributed by atoms with Crippen LogP contribution in [-0.2, 0) is 0 Å². The first-order valence-corrected chi connectivity index (χ1v) is 8.77. The summed E-state index contributed by atoms with van der Waals surface area (Å²) in [5.41, 5.74) is 0. The van der Waals surface area contributed by atoms with Gasteiger partial charge in [-0.3, -0.25) is 4.99 Å². The van der Waals surface area contributed by atoms with E-state index in [9.17, 15) is 0 Å². The Kier molecular flexibility index (Phi) is 12.1. The molecule has 0 aliphatic carbocycles. The second-order valence-corrected chi connectivity index (χ2v) is 6.38. The minimum absolute atomic E-state index is 0. The van der Waals surface area contributed by atoms with Crippen LogP contribution in [0.4, 0.5) is 0 Å². The van der Waals surface area contributed by atoms with E-state index in [4.69, 9.17) is 0 Å². The van der Waals surface area contributed by atoms with E-state index >= 15 is 0 Å². The summed E-state index contributed by atoms with van der Waals surface area (Å²) >= 11 is 1.89. The molecule has 1 saturated heterocycles. The van der Waals surface area contributed by atoms with Gasteiger partial charge in [-0.25, -0.2) is 0 Å². The fourth-order valence-corrected chi connectivity index (χ4v) is 2.80. The van der Waals surface area contributed by atoms with Gasteiger partial charge in [0.2, 0.25) is 0 Å². The number of nitrogens with one attached hydrogen (secondary N) is 2. The molecule has 1 aliphatic heterocycles. The maximum atomic E-state index is 4.31. The van der Waals surface area contributed by atoms with Crippen molar-refractivity contribution in [2.75, 3.05) is 38.7 Å². The van der Waals surface area contributed by atoms with E-state index in [-0.39, 0.29) is 24.0 Å². The van der Waals surface area contributed by atoms with Gasteiger partial charge >= 0.3 is 0 Å². The topological polar surface area (TPSA) is 39.7 Å². The molecule has 6 heteroatoms. The lowest BCUT2D eigenvalue weighted by atomic mass is 10.0. The fraction of sp³-hybridized carbons (Fsp3) is 0.929. The zero-order valence-corrected chi connectivity index (χ0v) is 16.5. The number of nitrogens with zero attached hydrogens (tertiary/aromatic N) is 2. The summed E-state index contributed by atoms with van der Waals surface area (Å²) in [7, 11) is 1.85. The summed E-state index contributed by atoms with van der Waals surface area (Å²) in [5.74, 6) is 2.17. The Balaban J connectivity index is 0.00000361. The van der Waals surface area contributed by atoms with E-state index < -0.39 is 0 Å². The monoisotopic (exact) mass is 414 g/mol. The second kappa shape index (κ2) is 11.9. The smallest absolute Gasteiger partial charge is 0.191 e. The van der Waals surface area contributed by atoms with Crippen LogP contribution in [0.2, 0.25) is 0 Å². The molecule has 4 nitrogen and oxygen atoms in total. The molecule has 2 N–H and O–H groups in total. The van der Waals surface area contributed by atoms with Gasteiger partial charge in [0.15, 0.2) is 5.96 Å². The molecule has 0 radical (unpaired) electrons. The largest absolute Gasteiger partial charge is 0.356 e. The maximum Gasteiger partial charge on any atom is 0.191 e. The number of guanidine groups is 1. The minimum atomic E-state index is 0. The van der Waals surface area contributed by atoms with Gasteiger partial charge in [0.25, 0.3) is 0 Å². The summed E-state index contributed by atoms with van der Waals surface area (Å²) in [6.45, 7) is 7.95. The molecule has 1 aliphatic rings. The third kappa shape index (κ3) is 7.93. The molecule has 20 heavy (non-hydrogen) atoms. The highest BCUT2D eigenvalue weighted by molar-refractivity contribution is 14.0. The first-order chi connectivity index (χ1) is 9.17. The summed E-state index contributed by atoms with van der Waals surface area (Å²) in [4.78, 5) is 6.86. The Morgan fingerprint density at radius 2 is 2.00 bits per heavy atom. The van der Waals surface area contributed by atoms with Crippen LogP contribution in [0, 0.1) is 0 Å². The molecule has 0 aromatic heterocycles. The lowest BCUT2D eigenvalue weighted by molar-refractivity contribution is 0.167. The molecule has 0 unspecified atom stereocenters. The number of rotatable bonds is 6. The van der Waals surface area contributed by atoms with Crippen LogP contribution in [0.25, 0.3) is 0 Å². The highest BCUT2D eigenvalue weighted by atomic mass is 127. The van der Waals surface area contributed by atoms with Crippen molar-refractivity contribution in [3.63, 3.8) is 0 Å². The molecule has 1 fully saturated rings. The molecular weight excluding hydrogens is 383 g/mol. The van der Waals surface area contributed by atoms with Gasteiger partial charge in [-0.1, -0.05) is 0 Å². The Hall–Kier alpha value is 0.310. The quantitative estimate of drug-likeness (QED) is 0.303. The van der Waals surface area contributed by atoms with Crippen molar-refractivity contribution in [3.8, 4) is 0 Å². The Bertz CT molecular complexity index is 266. The van der Waals surface area contributed by atoms with Crippen molar-refractivity contribution >= 4 is 41.7 Å². The van der Waals surface area contributed by atoms with Gasteiger partial charge in [-0.05, 0) is 45.1 Å². The third-order valence-electron chi connectivity index (χ3n) is 3.64. The van der Waals surface area contributed by atoms with Gasteiger partial charge in [-0.2, -0.15) is 11.8 Å². The molecule has 0 aromatic rings. The third-order valence-corrected chi connectivity index (χ3v) is 4.34. The Morgan fingerprint density at radius 1 is 1.35 bits per heavy atom. The minimum Gasteiger partial charge on any atom is -0.356 e. The first-order valence-electron chi connectivity index (χ1n) is 7.37. The molecule has 1 heterocycles. The molecule has 120 valence electrons. The number of hydrogen-bond donors (Lipinski definition) is 2. The summed E-state index contributed by atoms with van der Waals surface area (Å²) < 4.78 is 0. The summed E-state index contributed by atoms with van der Waals surface area (Å²) in [5, 5.41) is 6.94. The van der Waals surface area contributed by atoms with Gasteiger partial charge in [0, 0.05) is 38.8 Å².